The van der Waals surface area contributed by atoms with Crippen LogP contribution in [0.2, 0.25) is 0 Å². The number of hydrazine groups is 1. The molecule has 0 aliphatic carbocycles. The molecule has 23 heavy (non-hydrogen) atoms. The van der Waals surface area contributed by atoms with Gasteiger partial charge in [-0.25, -0.2) is 4.79 Å². The molecule has 2 aromatic heterocycles. The van der Waals surface area contributed by atoms with E-state index in [2.05, 4.69) is 21.2 Å². The highest BCUT2D eigenvalue weighted by Gasteiger charge is 2.16. The smallest absolute Gasteiger partial charge is 0.340 e. The van der Waals surface area contributed by atoms with E-state index >= 15 is 0 Å². The normalized spacial score (nSPS) is 9.83. The summed E-state index contributed by atoms with van der Waals surface area (Å²) in [6.07, 6.45) is 1.52. The maximum absolute atomic E-state index is 11.8. The first-order chi connectivity index (χ1) is 11.0. The second-order valence-corrected chi connectivity index (χ2v) is 6.00. The molecule has 3 N–H and O–H groups in total. The van der Waals surface area contributed by atoms with Crippen molar-refractivity contribution in [3.63, 3.8) is 0 Å². The van der Waals surface area contributed by atoms with Crippen LogP contribution in [0.15, 0.2) is 30.5 Å². The van der Waals surface area contributed by atoms with Gasteiger partial charge in [0.05, 0.1) is 12.7 Å². The molecule has 9 heteroatoms. The number of ether oxygens (including phenoxy) is 1. The number of aryl methyl sites for hydroxylation is 1. The number of methoxy groups -OCH3 is 1. The SMILES string of the molecule is COC(=O)c1cc(C)sc1NC(=S)NNC(=O)c1ccccn1. The number of thiophene rings is 1. The average molecular weight is 350 g/mol. The Balaban J connectivity index is 1.95. The van der Waals surface area contributed by atoms with Crippen molar-refractivity contribution in [2.45, 2.75) is 6.92 Å². The molecular weight excluding hydrogens is 336 g/mol. The highest BCUT2D eigenvalue weighted by Crippen LogP contribution is 2.27. The highest BCUT2D eigenvalue weighted by atomic mass is 32.1. The second kappa shape index (κ2) is 7.65. The Bertz CT molecular complexity index is 731. The monoisotopic (exact) mass is 350 g/mol. The number of carbonyl (C=O) groups is 2. The molecule has 7 nitrogen and oxygen atoms in total. The summed E-state index contributed by atoms with van der Waals surface area (Å²) >= 11 is 6.45. The van der Waals surface area contributed by atoms with Crippen molar-refractivity contribution in [2.75, 3.05) is 12.4 Å². The average Bonchev–Trinajstić information content (AvgIpc) is 2.93. The number of nitrogens with one attached hydrogen (secondary N) is 3. The Morgan fingerprint density at radius 3 is 2.74 bits per heavy atom. The van der Waals surface area contributed by atoms with Crippen molar-refractivity contribution in [2.24, 2.45) is 0 Å². The highest BCUT2D eigenvalue weighted by molar-refractivity contribution is 7.80. The number of esters is 1. The predicted molar refractivity (Wildman–Crippen MR) is 91.5 cm³/mol. The third kappa shape index (κ3) is 4.47. The number of rotatable bonds is 3. The minimum atomic E-state index is -0.461. The molecule has 0 saturated carbocycles. The molecule has 0 spiro atoms. The largest absolute Gasteiger partial charge is 0.465 e. The number of nitrogens with zero attached hydrogens (tertiary/aromatic N) is 1. The molecule has 2 heterocycles. The standard InChI is InChI=1S/C14H14N4O3S2/c1-8-7-9(13(20)21-2)12(23-8)16-14(22)18-17-11(19)10-5-3-4-6-15-10/h3-7H,1-2H3,(H,17,19)(H2,16,18,22). The summed E-state index contributed by atoms with van der Waals surface area (Å²) in [5.74, 6) is -0.887. The van der Waals surface area contributed by atoms with E-state index in [4.69, 9.17) is 17.0 Å². The van der Waals surface area contributed by atoms with Gasteiger partial charge in [0.15, 0.2) is 5.11 Å². The van der Waals surface area contributed by atoms with Crippen LogP contribution in [0.1, 0.15) is 25.7 Å². The summed E-state index contributed by atoms with van der Waals surface area (Å²) in [5.41, 5.74) is 5.62. The van der Waals surface area contributed by atoms with Crippen LogP contribution in [-0.4, -0.2) is 29.1 Å². The summed E-state index contributed by atoms with van der Waals surface area (Å²) in [4.78, 5) is 28.4. The van der Waals surface area contributed by atoms with Crippen LogP contribution in [-0.2, 0) is 4.74 Å². The number of carbonyl (C=O) groups excluding carboxylic acids is 2. The third-order valence-corrected chi connectivity index (χ3v) is 3.84. The molecule has 0 radical (unpaired) electrons. The zero-order valence-corrected chi connectivity index (χ0v) is 14.0. The van der Waals surface area contributed by atoms with Crippen LogP contribution >= 0.6 is 23.6 Å². The third-order valence-electron chi connectivity index (χ3n) is 2.67. The van der Waals surface area contributed by atoms with E-state index in [0.29, 0.717) is 10.6 Å². The van der Waals surface area contributed by atoms with Crippen molar-refractivity contribution in [3.8, 4) is 0 Å². The predicted octanol–water partition coefficient (Wildman–Crippen LogP) is 1.87. The molecular formula is C14H14N4O3S2. The number of thiocarbonyl (C=S) groups is 1. The van der Waals surface area contributed by atoms with Crippen molar-refractivity contribution in [1.29, 1.82) is 0 Å². The van der Waals surface area contributed by atoms with Gasteiger partial charge in [-0.15, -0.1) is 11.3 Å². The number of pyridine rings is 1. The molecule has 2 aromatic rings. The van der Waals surface area contributed by atoms with Gasteiger partial charge in [-0.1, -0.05) is 6.07 Å². The van der Waals surface area contributed by atoms with Crippen LogP contribution in [0.3, 0.4) is 0 Å². The van der Waals surface area contributed by atoms with Gasteiger partial charge in [-0.05, 0) is 37.3 Å². The van der Waals surface area contributed by atoms with E-state index in [1.807, 2.05) is 6.92 Å². The number of amides is 1. The summed E-state index contributed by atoms with van der Waals surface area (Å²) in [6, 6.07) is 6.69. The van der Waals surface area contributed by atoms with E-state index in [0.717, 1.165) is 4.88 Å². The molecule has 0 aromatic carbocycles. The molecule has 0 saturated heterocycles. The number of hydrogen-bond acceptors (Lipinski definition) is 6. The van der Waals surface area contributed by atoms with Gasteiger partial charge in [-0.2, -0.15) is 0 Å². The van der Waals surface area contributed by atoms with Crippen LogP contribution in [0, 0.1) is 6.92 Å². The minimum absolute atomic E-state index is 0.140. The van der Waals surface area contributed by atoms with E-state index in [9.17, 15) is 9.59 Å². The first-order valence-corrected chi connectivity index (χ1v) is 7.71. The molecule has 0 unspecified atom stereocenters. The van der Waals surface area contributed by atoms with Crippen LogP contribution in [0.25, 0.3) is 0 Å². The lowest BCUT2D eigenvalue weighted by atomic mass is 10.3. The molecule has 1 amide bonds. The van der Waals surface area contributed by atoms with Gasteiger partial charge >= 0.3 is 5.97 Å². The minimum Gasteiger partial charge on any atom is -0.465 e. The zero-order chi connectivity index (χ0) is 16.8. The van der Waals surface area contributed by atoms with E-state index in [1.165, 1.54) is 24.6 Å². The lowest BCUT2D eigenvalue weighted by Gasteiger charge is -2.11. The van der Waals surface area contributed by atoms with Crippen LogP contribution in [0.4, 0.5) is 5.00 Å². The topological polar surface area (TPSA) is 92.4 Å². The van der Waals surface area contributed by atoms with Crippen molar-refractivity contribution in [1.82, 2.24) is 15.8 Å². The summed E-state index contributed by atoms with van der Waals surface area (Å²) in [6.45, 7) is 1.86. The van der Waals surface area contributed by atoms with Crippen molar-refractivity contribution >= 4 is 45.5 Å². The fourth-order valence-electron chi connectivity index (χ4n) is 1.68. The number of aromatic nitrogens is 1. The Labute approximate surface area is 142 Å². The molecule has 0 atom stereocenters. The maximum Gasteiger partial charge on any atom is 0.340 e. The molecule has 2 rings (SSSR count). The van der Waals surface area contributed by atoms with Gasteiger partial charge in [0.1, 0.15) is 10.7 Å². The van der Waals surface area contributed by atoms with Crippen LogP contribution in [0.5, 0.6) is 0 Å². The molecule has 0 aliphatic heterocycles. The fraction of sp³-hybridized carbons (Fsp3) is 0.143. The summed E-state index contributed by atoms with van der Waals surface area (Å²) < 4.78 is 4.71. The Hall–Kier alpha value is -2.52. The van der Waals surface area contributed by atoms with Crippen molar-refractivity contribution < 1.29 is 14.3 Å². The van der Waals surface area contributed by atoms with Gasteiger partial charge in [-0.3, -0.25) is 20.6 Å². The summed E-state index contributed by atoms with van der Waals surface area (Å²) in [5, 5.41) is 3.54. The molecule has 0 aliphatic rings. The summed E-state index contributed by atoms with van der Waals surface area (Å²) in [7, 11) is 1.31. The maximum atomic E-state index is 11.8. The van der Waals surface area contributed by atoms with Crippen LogP contribution < -0.4 is 16.2 Å². The van der Waals surface area contributed by atoms with Gasteiger partial charge < -0.3 is 10.1 Å². The quantitative estimate of drug-likeness (QED) is 0.442. The zero-order valence-electron chi connectivity index (χ0n) is 12.4. The fourth-order valence-corrected chi connectivity index (χ4v) is 2.80. The molecule has 0 fully saturated rings. The van der Waals surface area contributed by atoms with Gasteiger partial charge in [0, 0.05) is 11.1 Å². The van der Waals surface area contributed by atoms with Gasteiger partial charge in [0.25, 0.3) is 5.91 Å². The number of hydrogen-bond donors (Lipinski definition) is 3. The Kier molecular flexibility index (Phi) is 5.61. The van der Waals surface area contributed by atoms with E-state index in [-0.39, 0.29) is 10.8 Å². The first-order valence-electron chi connectivity index (χ1n) is 6.48. The lowest BCUT2D eigenvalue weighted by Crippen LogP contribution is -2.44. The van der Waals surface area contributed by atoms with E-state index in [1.54, 1.807) is 24.3 Å². The molecule has 120 valence electrons. The van der Waals surface area contributed by atoms with Crippen molar-refractivity contribution in [3.05, 3.63) is 46.6 Å². The Morgan fingerprint density at radius 2 is 2.09 bits per heavy atom. The second-order valence-electron chi connectivity index (χ2n) is 4.34. The lowest BCUT2D eigenvalue weighted by molar-refractivity contribution is 0.0602. The first kappa shape index (κ1) is 16.8. The van der Waals surface area contributed by atoms with E-state index < -0.39 is 11.9 Å². The molecule has 0 bridgehead atoms. The Morgan fingerprint density at radius 1 is 1.30 bits per heavy atom. The van der Waals surface area contributed by atoms with Gasteiger partial charge in [0.2, 0.25) is 0 Å². The number of anilines is 1.